The molecule has 170 valence electrons. The van der Waals surface area contributed by atoms with Gasteiger partial charge in [0.15, 0.2) is 0 Å². The maximum absolute atomic E-state index is 13.0. The molecule has 11 heteroatoms. The van der Waals surface area contributed by atoms with Gasteiger partial charge in [0.2, 0.25) is 17.7 Å². The van der Waals surface area contributed by atoms with Crippen LogP contribution in [0, 0.1) is 0 Å². The number of carbonyl (C=O) groups is 4. The summed E-state index contributed by atoms with van der Waals surface area (Å²) in [6.45, 7) is 2.51. The third-order valence-corrected chi connectivity index (χ3v) is 6.01. The molecule has 1 aromatic heterocycles. The molecule has 2 saturated heterocycles. The first-order valence-corrected chi connectivity index (χ1v) is 10.7. The van der Waals surface area contributed by atoms with Crippen LogP contribution in [0.15, 0.2) is 36.5 Å². The van der Waals surface area contributed by atoms with E-state index in [9.17, 15) is 19.2 Å². The summed E-state index contributed by atoms with van der Waals surface area (Å²) in [5.74, 6) is -1.57. The number of nitrogens with one attached hydrogen (secondary N) is 1. The number of piperidine rings is 1. The summed E-state index contributed by atoms with van der Waals surface area (Å²) in [4.78, 5) is 62.5. The molecule has 1 aromatic carbocycles. The van der Waals surface area contributed by atoms with Crippen molar-refractivity contribution < 1.29 is 24.0 Å². The quantitative estimate of drug-likeness (QED) is 0.625. The summed E-state index contributed by atoms with van der Waals surface area (Å²) in [6.07, 6.45) is 1.76. The summed E-state index contributed by atoms with van der Waals surface area (Å²) in [5, 5.41) is 4.01. The van der Waals surface area contributed by atoms with Gasteiger partial charge < -0.3 is 15.5 Å². The van der Waals surface area contributed by atoms with Crippen LogP contribution in [-0.2, 0) is 9.59 Å². The highest BCUT2D eigenvalue weighted by Gasteiger charge is 2.44. The average molecular weight is 450 g/mol. The van der Waals surface area contributed by atoms with Crippen molar-refractivity contribution in [3.05, 3.63) is 47.7 Å². The van der Waals surface area contributed by atoms with Crippen molar-refractivity contribution in [1.82, 2.24) is 20.3 Å². The number of pyridine rings is 1. The van der Waals surface area contributed by atoms with Crippen molar-refractivity contribution >= 4 is 35.0 Å². The number of hydrogen-bond acceptors (Lipinski definition) is 9. The number of fused-ring (bicyclic) bond motifs is 1. The Morgan fingerprint density at radius 3 is 2.42 bits per heavy atom. The predicted octanol–water partition coefficient (Wildman–Crippen LogP) is 0.181. The average Bonchev–Trinajstić information content (AvgIpc) is 3.06. The molecule has 3 N–H and O–H groups in total. The van der Waals surface area contributed by atoms with Crippen molar-refractivity contribution in [2.75, 3.05) is 36.8 Å². The molecular formula is C22H22N6O5. The predicted molar refractivity (Wildman–Crippen MR) is 116 cm³/mol. The fourth-order valence-electron chi connectivity index (χ4n) is 4.27. The van der Waals surface area contributed by atoms with Crippen molar-refractivity contribution in [2.45, 2.75) is 18.9 Å². The van der Waals surface area contributed by atoms with Crippen molar-refractivity contribution in [2.24, 2.45) is 0 Å². The van der Waals surface area contributed by atoms with Crippen LogP contribution in [0.25, 0.3) is 0 Å². The second-order valence-electron chi connectivity index (χ2n) is 8.11. The monoisotopic (exact) mass is 450 g/mol. The molecule has 2 fully saturated rings. The molecular weight excluding hydrogens is 428 g/mol. The minimum Gasteiger partial charge on any atom is -0.397 e. The lowest BCUT2D eigenvalue weighted by atomic mass is 10.0. The molecule has 1 unspecified atom stereocenters. The van der Waals surface area contributed by atoms with E-state index in [1.807, 2.05) is 5.06 Å². The molecule has 1 atom stereocenters. The van der Waals surface area contributed by atoms with E-state index in [2.05, 4.69) is 15.2 Å². The third kappa shape index (κ3) is 3.87. The number of anilines is 2. The zero-order valence-electron chi connectivity index (χ0n) is 17.7. The minimum atomic E-state index is -0.971. The van der Waals surface area contributed by atoms with Crippen LogP contribution in [0.3, 0.4) is 0 Å². The van der Waals surface area contributed by atoms with Crippen LogP contribution in [0.1, 0.15) is 33.6 Å². The number of piperazine rings is 1. The Bertz CT molecular complexity index is 1140. The molecule has 3 aliphatic heterocycles. The largest absolute Gasteiger partial charge is 0.397 e. The molecule has 11 nitrogen and oxygen atoms in total. The van der Waals surface area contributed by atoms with Crippen LogP contribution in [0.5, 0.6) is 5.88 Å². The van der Waals surface area contributed by atoms with Crippen molar-refractivity contribution in [1.29, 1.82) is 0 Å². The van der Waals surface area contributed by atoms with Crippen molar-refractivity contribution in [3.8, 4) is 5.88 Å². The summed E-state index contributed by atoms with van der Waals surface area (Å²) >= 11 is 0. The first-order chi connectivity index (χ1) is 15.9. The van der Waals surface area contributed by atoms with Gasteiger partial charge in [-0.15, -0.1) is 5.06 Å². The lowest BCUT2D eigenvalue weighted by molar-refractivity contribution is -0.136. The second kappa shape index (κ2) is 8.17. The van der Waals surface area contributed by atoms with Crippen LogP contribution < -0.4 is 20.8 Å². The number of aromatic nitrogens is 1. The number of benzene rings is 1. The molecule has 0 aliphatic carbocycles. The molecule has 33 heavy (non-hydrogen) atoms. The molecule has 0 bridgehead atoms. The highest BCUT2D eigenvalue weighted by atomic mass is 16.7. The van der Waals surface area contributed by atoms with Crippen LogP contribution >= 0.6 is 0 Å². The van der Waals surface area contributed by atoms with E-state index in [1.54, 1.807) is 30.3 Å². The Kier molecular flexibility index (Phi) is 5.17. The van der Waals surface area contributed by atoms with Crippen LogP contribution in [0.2, 0.25) is 0 Å². The standard InChI is InChI=1S/C22H22N6O5/c23-13-1-6-19(24-12-13)33-27-9-7-26(8-10-27)14-2-3-15-16(11-14)22(32)28(21(15)31)17-4-5-18(29)25-20(17)30/h1-3,6,11-12,17H,4-5,7-10,23H2,(H,25,29,30). The maximum Gasteiger partial charge on any atom is 0.262 e. The number of nitrogens with two attached hydrogens (primary N) is 1. The second-order valence-corrected chi connectivity index (χ2v) is 8.11. The van der Waals surface area contributed by atoms with Gasteiger partial charge in [0.1, 0.15) is 6.04 Å². The fraction of sp³-hybridized carbons (Fsp3) is 0.318. The van der Waals surface area contributed by atoms with Gasteiger partial charge in [0.25, 0.3) is 11.8 Å². The maximum atomic E-state index is 13.0. The van der Waals surface area contributed by atoms with Gasteiger partial charge in [0.05, 0.1) is 36.1 Å². The fourth-order valence-corrected chi connectivity index (χ4v) is 4.27. The number of amides is 4. The molecule has 2 aromatic rings. The molecule has 0 radical (unpaired) electrons. The first-order valence-electron chi connectivity index (χ1n) is 10.7. The molecule has 5 rings (SSSR count). The van der Waals surface area contributed by atoms with E-state index in [4.69, 9.17) is 10.6 Å². The van der Waals surface area contributed by atoms with Crippen LogP contribution in [0.4, 0.5) is 11.4 Å². The summed E-state index contributed by atoms with van der Waals surface area (Å²) < 4.78 is 0. The third-order valence-electron chi connectivity index (χ3n) is 6.01. The number of nitrogens with zero attached hydrogens (tertiary/aromatic N) is 4. The van der Waals surface area contributed by atoms with Crippen molar-refractivity contribution in [3.63, 3.8) is 0 Å². The summed E-state index contributed by atoms with van der Waals surface area (Å²) in [6, 6.07) is 7.58. The SMILES string of the molecule is Nc1ccc(ON2CCN(c3ccc4c(c3)C(=O)N(C3CCC(=O)NC3=O)C4=O)CC2)nc1. The molecule has 4 amide bonds. The zero-order chi connectivity index (χ0) is 23.1. The lowest BCUT2D eigenvalue weighted by Gasteiger charge is -2.35. The Morgan fingerprint density at radius 1 is 0.970 bits per heavy atom. The van der Waals surface area contributed by atoms with Gasteiger partial charge in [-0.2, -0.15) is 0 Å². The van der Waals surface area contributed by atoms with E-state index in [0.29, 0.717) is 37.7 Å². The number of hydroxylamine groups is 2. The minimum absolute atomic E-state index is 0.0906. The highest BCUT2D eigenvalue weighted by Crippen LogP contribution is 2.31. The Hall–Kier alpha value is -3.99. The lowest BCUT2D eigenvalue weighted by Crippen LogP contribution is -2.54. The van der Waals surface area contributed by atoms with Crippen LogP contribution in [-0.4, -0.2) is 70.8 Å². The number of hydrogen-bond donors (Lipinski definition) is 2. The normalized spacial score (nSPS) is 21.3. The number of nitrogen functional groups attached to an aromatic ring is 1. The topological polar surface area (TPSA) is 138 Å². The van der Waals surface area contributed by atoms with Gasteiger partial charge in [-0.05, 0) is 30.7 Å². The summed E-state index contributed by atoms with van der Waals surface area (Å²) in [5.41, 5.74) is 7.56. The molecule has 0 saturated carbocycles. The first kappa shape index (κ1) is 20.9. The number of carbonyl (C=O) groups excluding carboxylic acids is 4. The Morgan fingerprint density at radius 2 is 1.73 bits per heavy atom. The number of imide groups is 2. The van der Waals surface area contributed by atoms with E-state index in [0.717, 1.165) is 10.6 Å². The number of rotatable bonds is 4. The Labute approximate surface area is 189 Å². The zero-order valence-corrected chi connectivity index (χ0v) is 17.7. The smallest absolute Gasteiger partial charge is 0.262 e. The van der Waals surface area contributed by atoms with Gasteiger partial charge in [-0.1, -0.05) is 0 Å². The highest BCUT2D eigenvalue weighted by molar-refractivity contribution is 6.23. The van der Waals surface area contributed by atoms with E-state index in [-0.39, 0.29) is 24.0 Å². The molecule has 4 heterocycles. The van der Waals surface area contributed by atoms with Gasteiger partial charge in [-0.25, -0.2) is 4.98 Å². The van der Waals surface area contributed by atoms with E-state index >= 15 is 0 Å². The van der Waals surface area contributed by atoms with E-state index in [1.165, 1.54) is 6.20 Å². The Balaban J connectivity index is 1.27. The molecule has 0 spiro atoms. The van der Waals surface area contributed by atoms with E-state index < -0.39 is 29.7 Å². The van der Waals surface area contributed by atoms with Gasteiger partial charge >= 0.3 is 0 Å². The summed E-state index contributed by atoms with van der Waals surface area (Å²) in [7, 11) is 0. The van der Waals surface area contributed by atoms with Gasteiger partial charge in [-0.3, -0.25) is 29.4 Å². The van der Waals surface area contributed by atoms with Gasteiger partial charge in [0, 0.05) is 31.3 Å². The molecule has 3 aliphatic rings.